The third-order valence-electron chi connectivity index (χ3n) is 1.83. The van der Waals surface area contributed by atoms with Gasteiger partial charge in [-0.05, 0) is 6.92 Å². The Balaban J connectivity index is 2.71. The lowest BCUT2D eigenvalue weighted by Crippen LogP contribution is -2.15. The Morgan fingerprint density at radius 2 is 2.44 bits per heavy atom. The Bertz CT molecular complexity index is 415. The van der Waals surface area contributed by atoms with E-state index in [1.165, 1.54) is 0 Å². The topological polar surface area (TPSA) is 130 Å². The minimum absolute atomic E-state index is 0.0308. The number of aliphatic imine (C=N–C) groups is 1. The average molecular weight is 255 g/mol. The van der Waals surface area contributed by atoms with Gasteiger partial charge in [-0.3, -0.25) is 5.41 Å². The van der Waals surface area contributed by atoms with E-state index in [0.29, 0.717) is 19.0 Å². The lowest BCUT2D eigenvalue weighted by molar-refractivity contribution is 0.0799. The zero-order chi connectivity index (χ0) is 13.4. The normalized spacial score (nSPS) is 11.6. The van der Waals surface area contributed by atoms with Crippen LogP contribution in [0.1, 0.15) is 18.4 Å². The Labute approximate surface area is 104 Å². The first-order valence-corrected chi connectivity index (χ1v) is 5.45. The molecule has 0 aliphatic heterocycles. The number of H-pyrrole nitrogens is 1. The van der Waals surface area contributed by atoms with E-state index < -0.39 is 0 Å². The first kappa shape index (κ1) is 14.1. The molecule has 8 heteroatoms. The molecule has 1 heterocycles. The third kappa shape index (κ3) is 4.52. The molecule has 0 spiro atoms. The lowest BCUT2D eigenvalue weighted by atomic mass is 10.5. The minimum atomic E-state index is -0.354. The number of hydrogen-bond donors (Lipinski definition) is 4. The summed E-state index contributed by atoms with van der Waals surface area (Å²) in [6.07, 6.45) is 1.57. The monoisotopic (exact) mass is 255 g/mol. The number of nitrogens with two attached hydrogens (primary N) is 1. The van der Waals surface area contributed by atoms with Crippen molar-refractivity contribution >= 4 is 11.9 Å². The van der Waals surface area contributed by atoms with Crippen molar-refractivity contribution < 1.29 is 14.6 Å². The highest BCUT2D eigenvalue weighted by atomic mass is 16.5. The van der Waals surface area contributed by atoms with E-state index in [1.807, 2.05) is 0 Å². The summed E-state index contributed by atoms with van der Waals surface area (Å²) >= 11 is 0. The van der Waals surface area contributed by atoms with Crippen LogP contribution in [0.2, 0.25) is 0 Å². The molecule has 0 fully saturated rings. The van der Waals surface area contributed by atoms with Crippen molar-refractivity contribution in [2.75, 3.05) is 19.8 Å². The van der Waals surface area contributed by atoms with Gasteiger partial charge >= 0.3 is 0 Å². The molecular weight excluding hydrogens is 238 g/mol. The molecule has 0 atom stereocenters. The fourth-order valence-electron chi connectivity index (χ4n) is 1.19. The number of guanidine groups is 1. The Morgan fingerprint density at radius 1 is 1.67 bits per heavy atom. The number of aromatic amines is 1. The molecule has 1 aromatic rings. The van der Waals surface area contributed by atoms with Crippen LogP contribution in [0.15, 0.2) is 11.2 Å². The van der Waals surface area contributed by atoms with Gasteiger partial charge in [-0.2, -0.15) is 4.99 Å². The molecule has 0 saturated heterocycles. The van der Waals surface area contributed by atoms with E-state index in [2.05, 4.69) is 15.0 Å². The smallest absolute Gasteiger partial charge is 0.261 e. The Morgan fingerprint density at radius 3 is 3.06 bits per heavy atom. The number of aromatic nitrogens is 2. The van der Waals surface area contributed by atoms with Crippen LogP contribution in [-0.2, 0) is 16.1 Å². The molecule has 100 valence electrons. The summed E-state index contributed by atoms with van der Waals surface area (Å²) in [5, 5.41) is 15.7. The zero-order valence-electron chi connectivity index (χ0n) is 10.1. The van der Waals surface area contributed by atoms with Crippen molar-refractivity contribution in [1.29, 1.82) is 5.41 Å². The quantitative estimate of drug-likeness (QED) is 0.312. The highest BCUT2D eigenvalue weighted by molar-refractivity contribution is 5.98. The molecule has 0 aliphatic rings. The molecule has 0 amide bonds. The molecular formula is C10H17N5O3. The fourth-order valence-corrected chi connectivity index (χ4v) is 1.19. The van der Waals surface area contributed by atoms with E-state index in [4.69, 9.17) is 25.7 Å². The first-order chi connectivity index (χ1) is 8.67. The first-order valence-electron chi connectivity index (χ1n) is 5.45. The lowest BCUT2D eigenvalue weighted by Gasteiger charge is -2.03. The number of imidazole rings is 1. The van der Waals surface area contributed by atoms with Gasteiger partial charge in [-0.15, -0.1) is 0 Å². The van der Waals surface area contributed by atoms with E-state index in [-0.39, 0.29) is 25.1 Å². The van der Waals surface area contributed by atoms with Crippen molar-refractivity contribution in [3.63, 3.8) is 0 Å². The van der Waals surface area contributed by atoms with Gasteiger partial charge in [0.25, 0.3) is 5.90 Å². The summed E-state index contributed by atoms with van der Waals surface area (Å²) in [7, 11) is 0. The van der Waals surface area contributed by atoms with Crippen LogP contribution < -0.4 is 5.73 Å². The van der Waals surface area contributed by atoms with Crippen LogP contribution in [0.4, 0.5) is 0 Å². The summed E-state index contributed by atoms with van der Waals surface area (Å²) in [6, 6.07) is 0. The largest absolute Gasteiger partial charge is 0.475 e. The molecule has 0 radical (unpaired) electrons. The number of ether oxygens (including phenoxy) is 2. The zero-order valence-corrected chi connectivity index (χ0v) is 10.1. The van der Waals surface area contributed by atoms with Gasteiger partial charge in [0.15, 0.2) is 5.82 Å². The number of rotatable bonds is 6. The number of hydrogen-bond acceptors (Lipinski definition) is 5. The summed E-state index contributed by atoms with van der Waals surface area (Å²) in [5.41, 5.74) is 5.90. The van der Waals surface area contributed by atoms with Gasteiger partial charge in [-0.25, -0.2) is 4.98 Å². The van der Waals surface area contributed by atoms with E-state index >= 15 is 0 Å². The SMILES string of the molecule is CCOC(=NC(=N)N)c1ncc(COCCO)[nH]1. The van der Waals surface area contributed by atoms with Gasteiger partial charge in [0, 0.05) is 0 Å². The van der Waals surface area contributed by atoms with Crippen LogP contribution in [0.5, 0.6) is 0 Å². The predicted molar refractivity (Wildman–Crippen MR) is 65.4 cm³/mol. The van der Waals surface area contributed by atoms with E-state index in [0.717, 1.165) is 5.69 Å². The fraction of sp³-hybridized carbons (Fsp3) is 0.500. The van der Waals surface area contributed by atoms with Gasteiger partial charge in [-0.1, -0.05) is 0 Å². The van der Waals surface area contributed by atoms with Crippen molar-refractivity contribution in [3.05, 3.63) is 17.7 Å². The van der Waals surface area contributed by atoms with Crippen LogP contribution in [0, 0.1) is 5.41 Å². The molecule has 0 bridgehead atoms. The summed E-state index contributed by atoms with van der Waals surface area (Å²) in [5.74, 6) is 0.195. The predicted octanol–water partition coefficient (Wildman–Crippen LogP) is -0.405. The van der Waals surface area contributed by atoms with Crippen LogP contribution in [0.3, 0.4) is 0 Å². The third-order valence-corrected chi connectivity index (χ3v) is 1.83. The molecule has 0 aromatic carbocycles. The van der Waals surface area contributed by atoms with Crippen LogP contribution in [-0.4, -0.2) is 46.8 Å². The maximum absolute atomic E-state index is 8.58. The van der Waals surface area contributed by atoms with E-state index in [1.54, 1.807) is 13.1 Å². The van der Waals surface area contributed by atoms with Gasteiger partial charge in [0.2, 0.25) is 5.96 Å². The molecule has 18 heavy (non-hydrogen) atoms. The van der Waals surface area contributed by atoms with Gasteiger partial charge < -0.3 is 25.3 Å². The molecule has 5 N–H and O–H groups in total. The second kappa shape index (κ2) is 7.41. The second-order valence-electron chi connectivity index (χ2n) is 3.27. The van der Waals surface area contributed by atoms with E-state index in [9.17, 15) is 0 Å². The summed E-state index contributed by atoms with van der Waals surface area (Å²) < 4.78 is 10.4. The maximum atomic E-state index is 8.58. The van der Waals surface area contributed by atoms with Gasteiger partial charge in [0.1, 0.15) is 0 Å². The number of aliphatic hydroxyl groups excluding tert-OH is 1. The molecule has 1 rings (SSSR count). The number of aliphatic hydroxyl groups is 1. The number of nitrogens with zero attached hydrogens (tertiary/aromatic N) is 2. The van der Waals surface area contributed by atoms with Crippen molar-refractivity contribution in [1.82, 2.24) is 9.97 Å². The Kier molecular flexibility index (Phi) is 5.81. The highest BCUT2D eigenvalue weighted by Gasteiger charge is 2.10. The standard InChI is InChI=1S/C10H17N5O3/c1-2-18-9(15-10(11)12)8-13-5-7(14-8)6-17-4-3-16/h5,16H,2-4,6H2,1H3,(H3,11,12)(H,13,14). The summed E-state index contributed by atoms with van der Waals surface area (Å²) in [6.45, 7) is 2.71. The van der Waals surface area contributed by atoms with Crippen LogP contribution in [0.25, 0.3) is 0 Å². The summed E-state index contributed by atoms with van der Waals surface area (Å²) in [4.78, 5) is 10.7. The number of nitrogens with one attached hydrogen (secondary N) is 2. The van der Waals surface area contributed by atoms with Gasteiger partial charge in [0.05, 0.1) is 38.3 Å². The Hall–Kier alpha value is -1.93. The molecule has 1 aromatic heterocycles. The average Bonchev–Trinajstić information content (AvgIpc) is 2.77. The maximum Gasteiger partial charge on any atom is 0.261 e. The molecule has 0 unspecified atom stereocenters. The van der Waals surface area contributed by atoms with Crippen molar-refractivity contribution in [2.45, 2.75) is 13.5 Å². The van der Waals surface area contributed by atoms with Crippen molar-refractivity contribution in [2.24, 2.45) is 10.7 Å². The minimum Gasteiger partial charge on any atom is -0.475 e. The highest BCUT2D eigenvalue weighted by Crippen LogP contribution is 2.02. The molecule has 0 aliphatic carbocycles. The molecule has 0 saturated carbocycles. The van der Waals surface area contributed by atoms with Crippen LogP contribution >= 0.6 is 0 Å². The molecule has 8 nitrogen and oxygen atoms in total. The van der Waals surface area contributed by atoms with Crippen molar-refractivity contribution in [3.8, 4) is 0 Å². The second-order valence-corrected chi connectivity index (χ2v) is 3.27.